The number of carbonyl (C=O) groups excluding carboxylic acids is 4. The van der Waals surface area contributed by atoms with Crippen molar-refractivity contribution in [2.75, 3.05) is 39.3 Å². The van der Waals surface area contributed by atoms with Crippen LogP contribution in [0.2, 0.25) is 0 Å². The lowest BCUT2D eigenvalue weighted by Gasteiger charge is -2.27. The van der Waals surface area contributed by atoms with Gasteiger partial charge in [-0.25, -0.2) is 4.98 Å². The van der Waals surface area contributed by atoms with Crippen LogP contribution in [0, 0.1) is 0 Å². The molecule has 1 rings (SSSR count). The van der Waals surface area contributed by atoms with E-state index in [1.54, 1.807) is 0 Å². The van der Waals surface area contributed by atoms with Crippen LogP contribution in [-0.2, 0) is 27.8 Å². The highest BCUT2D eigenvalue weighted by Gasteiger charge is 2.45. The number of hydrogen-bond donors (Lipinski definition) is 10. The molecule has 0 aliphatic carbocycles. The van der Waals surface area contributed by atoms with Crippen LogP contribution < -0.4 is 10.6 Å². The molecule has 0 saturated carbocycles. The van der Waals surface area contributed by atoms with Crippen molar-refractivity contribution in [1.29, 1.82) is 0 Å². The zero-order valence-electron chi connectivity index (χ0n) is 24.5. The minimum atomic E-state index is -5.27. The van der Waals surface area contributed by atoms with Crippen molar-refractivity contribution in [3.63, 3.8) is 0 Å². The molecule has 0 spiro atoms. The molecule has 0 saturated heterocycles. The van der Waals surface area contributed by atoms with E-state index in [1.165, 1.54) is 18.2 Å². The number of carbonyl (C=O) groups is 4. The van der Waals surface area contributed by atoms with Crippen molar-refractivity contribution in [1.82, 2.24) is 25.4 Å². The predicted molar refractivity (Wildman–Crippen MR) is 158 cm³/mol. The van der Waals surface area contributed by atoms with E-state index in [1.807, 2.05) is 0 Å². The molecular formula is C21H37N5O16P4. The van der Waals surface area contributed by atoms with E-state index in [0.29, 0.717) is 0 Å². The summed E-state index contributed by atoms with van der Waals surface area (Å²) in [4.78, 5) is 129. The average Bonchev–Trinajstić information content (AvgIpc) is 2.88. The van der Waals surface area contributed by atoms with Crippen molar-refractivity contribution in [3.8, 4) is 0 Å². The second kappa shape index (κ2) is 17.2. The molecule has 0 fully saturated rings. The fourth-order valence-corrected chi connectivity index (χ4v) is 8.55. The topological polar surface area (TPSA) is 342 Å². The number of aromatic nitrogens is 1. The minimum Gasteiger partial charge on any atom is -0.351 e. The second-order valence-electron chi connectivity index (χ2n) is 9.87. The molecule has 10 N–H and O–H groups in total. The van der Waals surface area contributed by atoms with Crippen molar-refractivity contribution in [2.45, 2.75) is 37.5 Å². The molecule has 1 aromatic heterocycles. The third-order valence-electron chi connectivity index (χ3n) is 6.21. The first kappa shape index (κ1) is 41.7. The Morgan fingerprint density at radius 3 is 1.22 bits per heavy atom. The van der Waals surface area contributed by atoms with E-state index in [-0.39, 0.29) is 50.4 Å². The maximum Gasteiger partial charge on any atom is 0.342 e. The van der Waals surface area contributed by atoms with Gasteiger partial charge in [-0.05, 0) is 25.0 Å². The first-order chi connectivity index (χ1) is 20.9. The Labute approximate surface area is 262 Å². The van der Waals surface area contributed by atoms with Gasteiger partial charge in [-0.1, -0.05) is 6.07 Å². The smallest absolute Gasteiger partial charge is 0.342 e. The highest BCUT2D eigenvalue weighted by atomic mass is 31.2. The van der Waals surface area contributed by atoms with E-state index in [2.05, 4.69) is 15.6 Å². The summed E-state index contributed by atoms with van der Waals surface area (Å²) < 4.78 is 46.1. The van der Waals surface area contributed by atoms with Crippen molar-refractivity contribution >= 4 is 54.0 Å². The number of nitrogens with zero attached hydrogens (tertiary/aromatic N) is 3. The maximum absolute atomic E-state index is 12.5. The van der Waals surface area contributed by atoms with E-state index >= 15 is 0 Å². The first-order valence-electron chi connectivity index (χ1n) is 13.1. The van der Waals surface area contributed by atoms with Crippen LogP contribution in [0.5, 0.6) is 0 Å². The Morgan fingerprint density at radius 2 is 0.957 bits per heavy atom. The molecule has 1 aromatic rings. The Kier molecular flexibility index (Phi) is 15.5. The van der Waals surface area contributed by atoms with E-state index in [4.69, 9.17) is 0 Å². The van der Waals surface area contributed by atoms with Crippen molar-refractivity contribution in [3.05, 3.63) is 29.6 Å². The maximum atomic E-state index is 12.5. The quantitative estimate of drug-likeness (QED) is 0.0597. The van der Waals surface area contributed by atoms with Gasteiger partial charge in [-0.2, -0.15) is 0 Å². The van der Waals surface area contributed by atoms with Gasteiger partial charge in [0.2, 0.25) is 11.8 Å². The van der Waals surface area contributed by atoms with Gasteiger partial charge in [-0.3, -0.25) is 37.4 Å². The lowest BCUT2D eigenvalue weighted by Crippen LogP contribution is -2.38. The van der Waals surface area contributed by atoms with Gasteiger partial charge in [0.05, 0.1) is 0 Å². The molecular weight excluding hydrogens is 702 g/mol. The Bertz CT molecular complexity index is 1310. The zero-order valence-corrected chi connectivity index (χ0v) is 28.1. The molecule has 0 unspecified atom stereocenters. The predicted octanol–water partition coefficient (Wildman–Crippen LogP) is -1.62. The average molecular weight is 739 g/mol. The summed E-state index contributed by atoms with van der Waals surface area (Å²) in [5, 5.41) is 0.0790. The monoisotopic (exact) mass is 739 g/mol. The summed E-state index contributed by atoms with van der Waals surface area (Å²) in [7, 11) is -21.1. The molecule has 25 heteroatoms. The van der Waals surface area contributed by atoms with E-state index in [0.717, 1.165) is 23.6 Å². The number of amides is 4. The van der Waals surface area contributed by atoms with Crippen LogP contribution in [-0.4, -0.2) is 128 Å². The van der Waals surface area contributed by atoms with Crippen LogP contribution in [0.3, 0.4) is 0 Å². The van der Waals surface area contributed by atoms with Gasteiger partial charge >= 0.3 is 30.4 Å². The van der Waals surface area contributed by atoms with Crippen LogP contribution in [0.4, 0.5) is 0 Å². The number of hydrogen-bond acceptors (Lipinski definition) is 9. The fourth-order valence-electron chi connectivity index (χ4n) is 3.78. The largest absolute Gasteiger partial charge is 0.351 e. The highest BCUT2D eigenvalue weighted by Crippen LogP contribution is 2.60. The van der Waals surface area contributed by atoms with Crippen molar-refractivity contribution in [2.24, 2.45) is 0 Å². The van der Waals surface area contributed by atoms with Crippen LogP contribution in [0.25, 0.3) is 0 Å². The summed E-state index contributed by atoms with van der Waals surface area (Å²) in [5.74, 6) is -2.93. The summed E-state index contributed by atoms with van der Waals surface area (Å²) in [5.41, 5.74) is -0.384. The summed E-state index contributed by atoms with van der Waals surface area (Å²) in [6.45, 7) is -0.435. The van der Waals surface area contributed by atoms with Gasteiger partial charge in [0.1, 0.15) is 11.4 Å². The zero-order chi connectivity index (χ0) is 35.7. The van der Waals surface area contributed by atoms with Crippen LogP contribution in [0.15, 0.2) is 18.2 Å². The molecule has 0 aromatic carbocycles. The standard InChI is InChI=1S/C21H37N5O16P4/c1-14(27)25(12-18(43(31,32)33)44(34,35)36)10-4-8-22-20(29)16-6-3-7-17(24-16)21(30)23-9-5-11-26(15(2)28)13-19(45(37,38)39)46(40,41)42/h3,6-7,18-19H,4-5,8-13H2,1-2H3,(H,22,29)(H,23,30)(H2,31,32,33)(H2,34,35,36)(H2,37,38,39)(H2,40,41,42). The number of nitrogens with one attached hydrogen (secondary N) is 2. The van der Waals surface area contributed by atoms with Gasteiger partial charge in [0, 0.05) is 53.1 Å². The Balaban J connectivity index is 2.71. The Hall–Kier alpha value is -2.37. The summed E-state index contributed by atoms with van der Waals surface area (Å²) in [6.07, 6.45) is 0.0295. The normalized spacial score (nSPS) is 12.6. The lowest BCUT2D eigenvalue weighted by molar-refractivity contribution is -0.129. The molecule has 0 aliphatic heterocycles. The Morgan fingerprint density at radius 1 is 0.652 bits per heavy atom. The number of pyridine rings is 1. The molecule has 0 bridgehead atoms. The third-order valence-corrected chi connectivity index (χ3v) is 13.6. The SMILES string of the molecule is CC(=O)N(CCCNC(=O)c1cccc(C(=O)NCCCN(CC(P(=O)(O)O)P(=O)(O)O)C(C)=O)n1)CC(P(=O)(O)O)P(=O)(O)O. The molecule has 0 aliphatic rings. The van der Waals surface area contributed by atoms with Crippen molar-refractivity contribution < 1.29 is 76.6 Å². The van der Waals surface area contributed by atoms with Gasteiger partial charge < -0.3 is 59.6 Å². The van der Waals surface area contributed by atoms with E-state index in [9.17, 15) is 76.6 Å². The number of rotatable bonds is 18. The molecule has 1 heterocycles. The first-order valence-corrected chi connectivity index (χ1v) is 19.8. The summed E-state index contributed by atoms with van der Waals surface area (Å²) >= 11 is 0. The molecule has 262 valence electrons. The molecule has 0 atom stereocenters. The lowest BCUT2D eigenvalue weighted by atomic mass is 10.2. The minimum absolute atomic E-state index is 0.0148. The van der Waals surface area contributed by atoms with E-state index < -0.39 is 77.9 Å². The third kappa shape index (κ3) is 14.2. The fraction of sp³-hybridized carbons (Fsp3) is 0.571. The highest BCUT2D eigenvalue weighted by molar-refractivity contribution is 7.71. The molecule has 46 heavy (non-hydrogen) atoms. The van der Waals surface area contributed by atoms with Crippen LogP contribution in [0.1, 0.15) is 47.7 Å². The molecule has 21 nitrogen and oxygen atoms in total. The van der Waals surface area contributed by atoms with Gasteiger partial charge in [0.25, 0.3) is 11.8 Å². The molecule has 4 amide bonds. The van der Waals surface area contributed by atoms with Crippen LogP contribution >= 0.6 is 30.4 Å². The van der Waals surface area contributed by atoms with Gasteiger partial charge in [0.15, 0.2) is 10.8 Å². The second-order valence-corrected chi connectivity index (χ2v) is 17.9. The summed E-state index contributed by atoms with van der Waals surface area (Å²) in [6, 6.07) is 3.91. The molecule has 0 radical (unpaired) electrons. The van der Waals surface area contributed by atoms with Gasteiger partial charge in [-0.15, -0.1) is 0 Å².